The fourth-order valence-corrected chi connectivity index (χ4v) is 4.14. The van der Waals surface area contributed by atoms with E-state index >= 15 is 0 Å². The average Bonchev–Trinajstić information content (AvgIpc) is 2.62. The van der Waals surface area contributed by atoms with Gasteiger partial charge in [0, 0.05) is 26.7 Å². The summed E-state index contributed by atoms with van der Waals surface area (Å²) < 4.78 is 27.9. The molecule has 1 aliphatic heterocycles. The molecule has 0 radical (unpaired) electrons. The first-order valence-corrected chi connectivity index (χ1v) is 8.83. The Balaban J connectivity index is 2.58. The molecule has 0 amide bonds. The van der Waals surface area contributed by atoms with Crippen molar-refractivity contribution >= 4 is 10.2 Å². The maximum atomic E-state index is 12.4. The van der Waals surface area contributed by atoms with Crippen LogP contribution in [0, 0.1) is 5.92 Å². The fraction of sp³-hybridized carbons (Fsp3) is 1.00. The largest absolute Gasteiger partial charge is 0.330 e. The zero-order valence-electron chi connectivity index (χ0n) is 12.3. The minimum atomic E-state index is -3.28. The molecule has 0 aromatic heterocycles. The second-order valence-electron chi connectivity index (χ2n) is 5.46. The van der Waals surface area contributed by atoms with Crippen LogP contribution in [0.1, 0.15) is 45.4 Å². The van der Waals surface area contributed by atoms with Crippen molar-refractivity contribution in [2.24, 2.45) is 11.7 Å². The predicted molar refractivity (Wildman–Crippen MR) is 79.0 cm³/mol. The number of hydrogen-bond donors (Lipinski definition) is 1. The van der Waals surface area contributed by atoms with E-state index in [2.05, 4.69) is 6.92 Å². The third-order valence-corrected chi connectivity index (χ3v) is 5.89. The SMILES string of the molecule is CCCC1CCCN(S(=O)(=O)N(C)CCCN)CC1. The second-order valence-corrected chi connectivity index (χ2v) is 7.49. The normalized spacial score (nSPS) is 22.6. The van der Waals surface area contributed by atoms with Crippen LogP contribution >= 0.6 is 0 Å². The lowest BCUT2D eigenvalue weighted by molar-refractivity contribution is 0.357. The standard InChI is InChI=1S/C13H29N3O2S/c1-3-6-13-7-4-11-16(12-8-13)19(17,18)15(2)10-5-9-14/h13H,3-12,14H2,1-2H3. The van der Waals surface area contributed by atoms with Crippen LogP contribution in [0.5, 0.6) is 0 Å². The van der Waals surface area contributed by atoms with E-state index in [1.807, 2.05) is 0 Å². The van der Waals surface area contributed by atoms with E-state index < -0.39 is 10.2 Å². The zero-order chi connectivity index (χ0) is 14.3. The molecule has 0 saturated carbocycles. The highest BCUT2D eigenvalue weighted by Gasteiger charge is 2.28. The molecule has 5 nitrogen and oxygen atoms in total. The molecule has 2 N–H and O–H groups in total. The van der Waals surface area contributed by atoms with Crippen LogP contribution in [0.15, 0.2) is 0 Å². The van der Waals surface area contributed by atoms with Gasteiger partial charge >= 0.3 is 0 Å². The molecular weight excluding hydrogens is 262 g/mol. The minimum Gasteiger partial charge on any atom is -0.330 e. The summed E-state index contributed by atoms with van der Waals surface area (Å²) in [4.78, 5) is 0. The van der Waals surface area contributed by atoms with Crippen molar-refractivity contribution in [3.8, 4) is 0 Å². The van der Waals surface area contributed by atoms with Gasteiger partial charge in [-0.3, -0.25) is 0 Å². The van der Waals surface area contributed by atoms with Gasteiger partial charge in [-0.15, -0.1) is 0 Å². The van der Waals surface area contributed by atoms with Crippen LogP contribution < -0.4 is 5.73 Å². The quantitative estimate of drug-likeness (QED) is 0.771. The van der Waals surface area contributed by atoms with E-state index in [-0.39, 0.29) is 0 Å². The summed E-state index contributed by atoms with van der Waals surface area (Å²) in [5.41, 5.74) is 5.44. The van der Waals surface area contributed by atoms with E-state index in [4.69, 9.17) is 5.73 Å². The van der Waals surface area contributed by atoms with Gasteiger partial charge in [-0.1, -0.05) is 19.8 Å². The fourth-order valence-electron chi connectivity index (χ4n) is 2.69. The van der Waals surface area contributed by atoms with Gasteiger partial charge in [0.25, 0.3) is 10.2 Å². The smallest absolute Gasteiger partial charge is 0.281 e. The average molecular weight is 291 g/mol. The summed E-state index contributed by atoms with van der Waals surface area (Å²) in [5, 5.41) is 0. The molecule has 19 heavy (non-hydrogen) atoms. The second kappa shape index (κ2) is 8.19. The molecule has 1 atom stereocenters. The highest BCUT2D eigenvalue weighted by atomic mass is 32.2. The monoisotopic (exact) mass is 291 g/mol. The number of nitrogens with two attached hydrogens (primary N) is 1. The molecule has 0 aromatic rings. The predicted octanol–water partition coefficient (Wildman–Crippen LogP) is 1.41. The summed E-state index contributed by atoms with van der Waals surface area (Å²) in [5.74, 6) is 0.694. The van der Waals surface area contributed by atoms with Gasteiger partial charge in [-0.05, 0) is 38.1 Å². The van der Waals surface area contributed by atoms with E-state index in [9.17, 15) is 8.42 Å². The number of nitrogens with zero attached hydrogens (tertiary/aromatic N) is 2. The molecular formula is C13H29N3O2S. The molecule has 1 aliphatic rings. The Labute approximate surface area is 118 Å². The van der Waals surface area contributed by atoms with Gasteiger partial charge in [-0.2, -0.15) is 17.0 Å². The Morgan fingerprint density at radius 2 is 2.05 bits per heavy atom. The van der Waals surface area contributed by atoms with Crippen LogP contribution in [-0.4, -0.2) is 50.3 Å². The van der Waals surface area contributed by atoms with Crippen molar-refractivity contribution in [3.05, 3.63) is 0 Å². The van der Waals surface area contributed by atoms with Gasteiger partial charge in [0.1, 0.15) is 0 Å². The lowest BCUT2D eigenvalue weighted by atomic mass is 9.96. The third kappa shape index (κ3) is 5.02. The molecule has 1 rings (SSSR count). The van der Waals surface area contributed by atoms with Crippen molar-refractivity contribution in [3.63, 3.8) is 0 Å². The molecule has 1 fully saturated rings. The molecule has 6 heteroatoms. The summed E-state index contributed by atoms with van der Waals surface area (Å²) in [7, 11) is -1.63. The first-order valence-electron chi connectivity index (χ1n) is 7.43. The van der Waals surface area contributed by atoms with Gasteiger partial charge in [0.15, 0.2) is 0 Å². The molecule has 0 aromatic carbocycles. The van der Waals surface area contributed by atoms with Gasteiger partial charge in [-0.25, -0.2) is 0 Å². The molecule has 0 aliphatic carbocycles. The number of rotatable bonds is 7. The van der Waals surface area contributed by atoms with Crippen LogP contribution in [0.3, 0.4) is 0 Å². The molecule has 0 bridgehead atoms. The Kier molecular flexibility index (Phi) is 7.28. The highest BCUT2D eigenvalue weighted by Crippen LogP contribution is 2.24. The summed E-state index contributed by atoms with van der Waals surface area (Å²) in [6.07, 6.45) is 6.26. The first kappa shape index (κ1) is 16.9. The molecule has 1 unspecified atom stereocenters. The van der Waals surface area contributed by atoms with E-state index in [1.54, 1.807) is 11.4 Å². The third-order valence-electron chi connectivity index (χ3n) is 3.90. The van der Waals surface area contributed by atoms with Crippen molar-refractivity contribution in [1.29, 1.82) is 0 Å². The summed E-state index contributed by atoms with van der Waals surface area (Å²) in [6, 6.07) is 0. The van der Waals surface area contributed by atoms with Crippen molar-refractivity contribution in [2.75, 3.05) is 33.2 Å². The van der Waals surface area contributed by atoms with Crippen molar-refractivity contribution < 1.29 is 8.42 Å². The first-order chi connectivity index (χ1) is 9.02. The lowest BCUT2D eigenvalue weighted by Gasteiger charge is -2.26. The molecule has 0 spiro atoms. The Morgan fingerprint density at radius 3 is 2.68 bits per heavy atom. The van der Waals surface area contributed by atoms with Crippen molar-refractivity contribution in [2.45, 2.75) is 45.4 Å². The van der Waals surface area contributed by atoms with Crippen LogP contribution in [-0.2, 0) is 10.2 Å². The van der Waals surface area contributed by atoms with Crippen LogP contribution in [0.2, 0.25) is 0 Å². The maximum Gasteiger partial charge on any atom is 0.281 e. The Bertz CT molecular complexity index is 346. The van der Waals surface area contributed by atoms with Gasteiger partial charge in [0.2, 0.25) is 0 Å². The summed E-state index contributed by atoms with van der Waals surface area (Å²) in [6.45, 7) is 4.56. The maximum absolute atomic E-state index is 12.4. The van der Waals surface area contributed by atoms with Gasteiger partial charge < -0.3 is 5.73 Å². The topological polar surface area (TPSA) is 66.6 Å². The Hall–Kier alpha value is -0.170. The Morgan fingerprint density at radius 1 is 1.32 bits per heavy atom. The van der Waals surface area contributed by atoms with E-state index in [1.165, 1.54) is 17.1 Å². The summed E-state index contributed by atoms with van der Waals surface area (Å²) >= 11 is 0. The molecule has 1 heterocycles. The number of hydrogen-bond acceptors (Lipinski definition) is 3. The minimum absolute atomic E-state index is 0.508. The molecule has 114 valence electrons. The zero-order valence-corrected chi connectivity index (χ0v) is 13.2. The van der Waals surface area contributed by atoms with Crippen LogP contribution in [0.4, 0.5) is 0 Å². The lowest BCUT2D eigenvalue weighted by Crippen LogP contribution is -2.43. The van der Waals surface area contributed by atoms with Crippen LogP contribution in [0.25, 0.3) is 0 Å². The van der Waals surface area contributed by atoms with Gasteiger partial charge in [0.05, 0.1) is 0 Å². The van der Waals surface area contributed by atoms with E-state index in [0.29, 0.717) is 38.5 Å². The van der Waals surface area contributed by atoms with Crippen molar-refractivity contribution in [1.82, 2.24) is 8.61 Å². The highest BCUT2D eigenvalue weighted by molar-refractivity contribution is 7.86. The van der Waals surface area contributed by atoms with E-state index in [0.717, 1.165) is 19.3 Å². The molecule has 1 saturated heterocycles.